The zero-order chi connectivity index (χ0) is 10.7. The Balaban J connectivity index is 2.50. The van der Waals surface area contributed by atoms with E-state index in [0.29, 0.717) is 6.54 Å². The maximum absolute atomic E-state index is 5.79. The van der Waals surface area contributed by atoms with Crippen molar-refractivity contribution in [2.45, 2.75) is 5.92 Å². The van der Waals surface area contributed by atoms with Crippen LogP contribution >= 0.6 is 0 Å². The highest BCUT2D eigenvalue weighted by atomic mass is 14.7. The van der Waals surface area contributed by atoms with Gasteiger partial charge in [0.2, 0.25) is 0 Å². The number of nitrogens with zero attached hydrogens (tertiary/aromatic N) is 1. The molecule has 0 saturated heterocycles. The Hall–Kier alpha value is -1.67. The number of fused-ring (bicyclic) bond motifs is 1. The van der Waals surface area contributed by atoms with Gasteiger partial charge in [-0.1, -0.05) is 36.9 Å². The van der Waals surface area contributed by atoms with E-state index in [1.54, 1.807) is 6.20 Å². The van der Waals surface area contributed by atoms with Crippen molar-refractivity contribution in [3.8, 4) is 0 Å². The van der Waals surface area contributed by atoms with E-state index < -0.39 is 0 Å². The second-order valence-electron chi connectivity index (χ2n) is 3.49. The first-order valence-electron chi connectivity index (χ1n) is 5.02. The Kier molecular flexibility index (Phi) is 2.79. The number of hydrogen-bond acceptors (Lipinski definition) is 2. The third-order valence-corrected chi connectivity index (χ3v) is 2.64. The van der Waals surface area contributed by atoms with Gasteiger partial charge in [0.05, 0.1) is 0 Å². The quantitative estimate of drug-likeness (QED) is 0.778. The van der Waals surface area contributed by atoms with Gasteiger partial charge < -0.3 is 5.73 Å². The van der Waals surface area contributed by atoms with E-state index in [2.05, 4.69) is 29.8 Å². The first-order valence-corrected chi connectivity index (χ1v) is 5.02. The fourth-order valence-corrected chi connectivity index (χ4v) is 1.92. The summed E-state index contributed by atoms with van der Waals surface area (Å²) >= 11 is 0. The highest BCUT2D eigenvalue weighted by Gasteiger charge is 2.20. The molecule has 1 aromatic rings. The monoisotopic (exact) mass is 198 g/mol. The van der Waals surface area contributed by atoms with Crippen LogP contribution in [0, 0.1) is 0 Å². The molecule has 2 heteroatoms. The number of benzene rings is 1. The largest absolute Gasteiger partial charge is 0.329 e. The molecule has 0 radical (unpaired) electrons. The number of nitrogens with two attached hydrogens (primary N) is 1. The molecule has 0 aromatic heterocycles. The van der Waals surface area contributed by atoms with E-state index in [4.69, 9.17) is 5.73 Å². The van der Waals surface area contributed by atoms with Crippen LogP contribution in [0.5, 0.6) is 0 Å². The summed E-state index contributed by atoms with van der Waals surface area (Å²) in [6.07, 6.45) is 5.65. The maximum Gasteiger partial charge on any atom is 0.0491 e. The molecule has 15 heavy (non-hydrogen) atoms. The van der Waals surface area contributed by atoms with Crippen LogP contribution in [0.15, 0.2) is 48.1 Å². The topological polar surface area (TPSA) is 38.4 Å². The molecule has 1 aromatic carbocycles. The highest BCUT2D eigenvalue weighted by Crippen LogP contribution is 2.27. The second kappa shape index (κ2) is 4.24. The van der Waals surface area contributed by atoms with Crippen molar-refractivity contribution in [1.29, 1.82) is 0 Å². The number of hydrogen-bond donors (Lipinski definition) is 1. The lowest BCUT2D eigenvalue weighted by Gasteiger charge is -2.21. The van der Waals surface area contributed by atoms with Gasteiger partial charge in [0.25, 0.3) is 0 Å². The predicted octanol–water partition coefficient (Wildman–Crippen LogP) is 2.34. The summed E-state index contributed by atoms with van der Waals surface area (Å²) in [6.45, 7) is 4.19. The molecule has 2 N–H and O–H groups in total. The number of allylic oxidation sites excluding steroid dienone is 1. The van der Waals surface area contributed by atoms with E-state index in [0.717, 1.165) is 5.71 Å². The molecule has 1 atom stereocenters. The highest BCUT2D eigenvalue weighted by molar-refractivity contribution is 6.06. The molecule has 0 heterocycles. The van der Waals surface area contributed by atoms with Crippen LogP contribution in [0.3, 0.4) is 0 Å². The van der Waals surface area contributed by atoms with Crippen LogP contribution in [0.4, 0.5) is 0 Å². The average molecular weight is 198 g/mol. The van der Waals surface area contributed by atoms with Crippen molar-refractivity contribution in [3.05, 3.63) is 54.2 Å². The van der Waals surface area contributed by atoms with Crippen molar-refractivity contribution >= 4 is 11.8 Å². The van der Waals surface area contributed by atoms with Crippen LogP contribution in [0.1, 0.15) is 17.0 Å². The van der Waals surface area contributed by atoms with E-state index in [-0.39, 0.29) is 5.92 Å². The van der Waals surface area contributed by atoms with Crippen molar-refractivity contribution in [2.24, 2.45) is 10.7 Å². The van der Waals surface area contributed by atoms with Crippen molar-refractivity contribution in [1.82, 2.24) is 0 Å². The number of rotatable bonds is 2. The van der Waals surface area contributed by atoms with Gasteiger partial charge >= 0.3 is 0 Å². The Bertz CT molecular complexity index is 430. The summed E-state index contributed by atoms with van der Waals surface area (Å²) in [4.78, 5) is 4.25. The molecule has 0 fully saturated rings. The standard InChI is InChI=1S/C13H14N2/c1-2-15-13-8-7-10-5-3-4-6-11(10)12(13)9-14/h2-8,12H,1,9,14H2. The molecule has 0 amide bonds. The van der Waals surface area contributed by atoms with Crippen LogP contribution in [-0.4, -0.2) is 12.3 Å². The Morgan fingerprint density at radius 2 is 2.13 bits per heavy atom. The van der Waals surface area contributed by atoms with Crippen molar-refractivity contribution in [2.75, 3.05) is 6.54 Å². The van der Waals surface area contributed by atoms with Gasteiger partial charge in [0.15, 0.2) is 0 Å². The van der Waals surface area contributed by atoms with Gasteiger partial charge in [0, 0.05) is 24.4 Å². The molecule has 1 aliphatic carbocycles. The smallest absolute Gasteiger partial charge is 0.0491 e. The van der Waals surface area contributed by atoms with E-state index in [1.807, 2.05) is 18.2 Å². The van der Waals surface area contributed by atoms with E-state index in [1.165, 1.54) is 11.1 Å². The summed E-state index contributed by atoms with van der Waals surface area (Å²) in [5, 5.41) is 0. The summed E-state index contributed by atoms with van der Waals surface area (Å²) in [5.74, 6) is 0.198. The minimum absolute atomic E-state index is 0.198. The van der Waals surface area contributed by atoms with E-state index in [9.17, 15) is 0 Å². The third kappa shape index (κ3) is 1.76. The summed E-state index contributed by atoms with van der Waals surface area (Å²) in [6, 6.07) is 8.27. The van der Waals surface area contributed by atoms with Gasteiger partial charge in [-0.2, -0.15) is 0 Å². The molecule has 0 aliphatic heterocycles. The Morgan fingerprint density at radius 3 is 2.87 bits per heavy atom. The van der Waals surface area contributed by atoms with Gasteiger partial charge in [-0.3, -0.25) is 4.99 Å². The van der Waals surface area contributed by atoms with Gasteiger partial charge in [-0.25, -0.2) is 0 Å². The zero-order valence-electron chi connectivity index (χ0n) is 8.56. The zero-order valence-corrected chi connectivity index (χ0v) is 8.56. The minimum Gasteiger partial charge on any atom is -0.329 e. The van der Waals surface area contributed by atoms with Crippen molar-refractivity contribution in [3.63, 3.8) is 0 Å². The average Bonchev–Trinajstić information content (AvgIpc) is 2.29. The van der Waals surface area contributed by atoms with Crippen molar-refractivity contribution < 1.29 is 0 Å². The summed E-state index contributed by atoms with van der Waals surface area (Å²) in [5.41, 5.74) is 9.27. The van der Waals surface area contributed by atoms with Gasteiger partial charge in [-0.15, -0.1) is 0 Å². The lowest BCUT2D eigenvalue weighted by molar-refractivity contribution is 0.885. The summed E-state index contributed by atoms with van der Waals surface area (Å²) in [7, 11) is 0. The molecule has 1 unspecified atom stereocenters. The molecule has 2 rings (SSSR count). The fourth-order valence-electron chi connectivity index (χ4n) is 1.92. The molecule has 0 saturated carbocycles. The Morgan fingerprint density at radius 1 is 1.33 bits per heavy atom. The molecule has 76 valence electrons. The van der Waals surface area contributed by atoms with Crippen LogP contribution in [-0.2, 0) is 0 Å². The minimum atomic E-state index is 0.198. The van der Waals surface area contributed by atoms with Crippen LogP contribution in [0.2, 0.25) is 0 Å². The first kappa shape index (κ1) is 9.87. The molecule has 1 aliphatic rings. The second-order valence-corrected chi connectivity index (χ2v) is 3.49. The SMILES string of the molecule is C=CN=C1C=Cc2ccccc2C1CN. The lowest BCUT2D eigenvalue weighted by atomic mass is 9.86. The lowest BCUT2D eigenvalue weighted by Crippen LogP contribution is -2.23. The van der Waals surface area contributed by atoms with Crippen LogP contribution < -0.4 is 5.73 Å². The summed E-state index contributed by atoms with van der Waals surface area (Å²) < 4.78 is 0. The fraction of sp³-hybridized carbons (Fsp3) is 0.154. The first-order chi connectivity index (χ1) is 7.36. The third-order valence-electron chi connectivity index (χ3n) is 2.64. The predicted molar refractivity (Wildman–Crippen MR) is 64.9 cm³/mol. The molecule has 2 nitrogen and oxygen atoms in total. The van der Waals surface area contributed by atoms with E-state index >= 15 is 0 Å². The Labute approximate surface area is 89.8 Å². The number of aliphatic imine (C=N–C) groups is 1. The molecular weight excluding hydrogens is 184 g/mol. The van der Waals surface area contributed by atoms with Crippen LogP contribution in [0.25, 0.3) is 6.08 Å². The normalized spacial score (nSPS) is 21.4. The maximum atomic E-state index is 5.79. The molecule has 0 spiro atoms. The van der Waals surface area contributed by atoms with Gasteiger partial charge in [0.1, 0.15) is 0 Å². The van der Waals surface area contributed by atoms with Gasteiger partial charge in [-0.05, 0) is 17.2 Å². The molecule has 0 bridgehead atoms. The molecular formula is C13H14N2.